The lowest BCUT2D eigenvalue weighted by molar-refractivity contribution is 0.128. The second-order valence-corrected chi connectivity index (χ2v) is 7.58. The summed E-state index contributed by atoms with van der Waals surface area (Å²) in [5.74, 6) is 0. The van der Waals surface area contributed by atoms with Crippen LogP contribution >= 0.6 is 0 Å². The summed E-state index contributed by atoms with van der Waals surface area (Å²) in [6.07, 6.45) is 0. The molecule has 0 N–H and O–H groups in total. The van der Waals surface area contributed by atoms with Crippen molar-refractivity contribution in [1.29, 1.82) is 0 Å². The van der Waals surface area contributed by atoms with E-state index in [0.717, 1.165) is 0 Å². The van der Waals surface area contributed by atoms with E-state index in [1.165, 1.54) is 21.3 Å². The Morgan fingerprint density at radius 3 is 1.64 bits per heavy atom. The Labute approximate surface area is 69.5 Å². The van der Waals surface area contributed by atoms with Crippen LogP contribution in [0.1, 0.15) is 0 Å². The zero-order valence-electron chi connectivity index (χ0n) is 7.34. The predicted octanol–water partition coefficient (Wildman–Crippen LogP) is 0.455. The van der Waals surface area contributed by atoms with Crippen LogP contribution in [0.3, 0.4) is 0 Å². The largest absolute Gasteiger partial charge is 0.503 e. The normalized spacial score (nSPS) is 11.6. The minimum Gasteiger partial charge on any atom is -0.389 e. The Bertz CT molecular complexity index is 126. The molecule has 4 nitrogen and oxygen atoms in total. The Morgan fingerprint density at radius 2 is 1.55 bits per heavy atom. The van der Waals surface area contributed by atoms with E-state index in [9.17, 15) is 4.46 Å². The fourth-order valence-corrected chi connectivity index (χ4v) is 5.44. The van der Waals surface area contributed by atoms with Crippen LogP contribution in [-0.2, 0) is 17.7 Å². The molecule has 0 aliphatic heterocycles. The van der Waals surface area contributed by atoms with Crippen LogP contribution in [0.15, 0.2) is 0 Å². The van der Waals surface area contributed by atoms with Crippen molar-refractivity contribution in [2.24, 2.45) is 0 Å². The lowest BCUT2D eigenvalue weighted by Crippen LogP contribution is -2.44. The molecule has 0 atom stereocenters. The van der Waals surface area contributed by atoms with Gasteiger partial charge in [-0.05, 0) is 6.55 Å². The molecule has 0 unspecified atom stereocenters. The van der Waals surface area contributed by atoms with Gasteiger partial charge in [-0.2, -0.15) is 0 Å². The molecule has 0 aliphatic rings. The molecule has 0 spiro atoms. The van der Waals surface area contributed by atoms with Gasteiger partial charge in [0.1, 0.15) is 0 Å². The van der Waals surface area contributed by atoms with Crippen LogP contribution in [0.2, 0.25) is 12.2 Å². The first-order chi connectivity index (χ1) is 5.10. The molecule has 0 aromatic carbocycles. The summed E-state index contributed by atoms with van der Waals surface area (Å²) >= 11 is 0. The van der Waals surface area contributed by atoms with E-state index in [4.69, 9.17) is 13.3 Å². The van der Waals surface area contributed by atoms with Gasteiger partial charge in [-0.25, -0.2) is 0 Å². The Kier molecular flexibility index (Phi) is 4.94. The second-order valence-electron chi connectivity index (χ2n) is 2.17. The van der Waals surface area contributed by atoms with Crippen LogP contribution in [0.5, 0.6) is 0 Å². The summed E-state index contributed by atoms with van der Waals surface area (Å²) < 4.78 is 26.1. The van der Waals surface area contributed by atoms with Crippen molar-refractivity contribution in [3.63, 3.8) is 0 Å². The third-order valence-electron chi connectivity index (χ3n) is 1.40. The second kappa shape index (κ2) is 4.88. The molecule has 0 aliphatic carbocycles. The summed E-state index contributed by atoms with van der Waals surface area (Å²) in [5.41, 5.74) is 0.418. The highest BCUT2D eigenvalue weighted by atomic mass is 28.4. The van der Waals surface area contributed by atoms with Crippen molar-refractivity contribution >= 4 is 17.5 Å². The summed E-state index contributed by atoms with van der Waals surface area (Å²) in [6.45, 7) is 1.67. The van der Waals surface area contributed by atoms with Crippen molar-refractivity contribution in [2.75, 3.05) is 21.3 Å². The molecule has 0 saturated carbocycles. The first-order valence-corrected chi connectivity index (χ1v) is 7.30. The van der Waals surface area contributed by atoms with Gasteiger partial charge in [0.05, 0.1) is 5.67 Å². The van der Waals surface area contributed by atoms with E-state index in [-0.39, 0.29) is 0 Å². The van der Waals surface area contributed by atoms with E-state index in [1.807, 2.05) is 0 Å². The molecule has 0 rings (SSSR count). The summed E-state index contributed by atoms with van der Waals surface area (Å²) in [4.78, 5) is 0. The standard InChI is InChI=1S/C5H14O4Si2/c1-7-11(8-2,9-3)5-10(4)6/h5H2,1-4H3. The molecule has 0 bridgehead atoms. The van der Waals surface area contributed by atoms with E-state index >= 15 is 0 Å². The molecule has 6 heteroatoms. The zero-order chi connectivity index (χ0) is 8.91. The third kappa shape index (κ3) is 3.34. The number of hydrogen-bond acceptors (Lipinski definition) is 4. The molecule has 11 heavy (non-hydrogen) atoms. The summed E-state index contributed by atoms with van der Waals surface area (Å²) in [5, 5.41) is 0. The molecule has 0 heterocycles. The highest BCUT2D eigenvalue weighted by Gasteiger charge is 2.39. The Hall–Kier alpha value is 0.114. The van der Waals surface area contributed by atoms with E-state index in [0.29, 0.717) is 5.67 Å². The lowest BCUT2D eigenvalue weighted by Gasteiger charge is -2.22. The maximum Gasteiger partial charge on any atom is 0.503 e. The van der Waals surface area contributed by atoms with Crippen molar-refractivity contribution in [3.05, 3.63) is 0 Å². The molecule has 0 saturated heterocycles. The molecule has 66 valence electrons. The van der Waals surface area contributed by atoms with Crippen LogP contribution in [0, 0.1) is 0 Å². The molecule has 0 aromatic rings. The molecular formula is C5H14O4Si2. The van der Waals surface area contributed by atoms with Crippen molar-refractivity contribution in [1.82, 2.24) is 0 Å². The predicted molar refractivity (Wildman–Crippen MR) is 43.9 cm³/mol. The van der Waals surface area contributed by atoms with Gasteiger partial charge in [0.25, 0.3) is 8.68 Å². The van der Waals surface area contributed by atoms with E-state index < -0.39 is 17.5 Å². The first-order valence-electron chi connectivity index (χ1n) is 3.25. The average Bonchev–Trinajstić information content (AvgIpc) is 2.00. The summed E-state index contributed by atoms with van der Waals surface area (Å²) in [7, 11) is 0.416. The van der Waals surface area contributed by atoms with Gasteiger partial charge in [0.2, 0.25) is 0 Å². The smallest absolute Gasteiger partial charge is 0.389 e. The van der Waals surface area contributed by atoms with Crippen LogP contribution in [-0.4, -0.2) is 38.8 Å². The highest BCUT2D eigenvalue weighted by Crippen LogP contribution is 2.11. The monoisotopic (exact) mass is 194 g/mol. The van der Waals surface area contributed by atoms with Gasteiger partial charge < -0.3 is 17.7 Å². The Morgan fingerprint density at radius 1 is 1.18 bits per heavy atom. The quantitative estimate of drug-likeness (QED) is 0.596. The minimum atomic E-state index is -2.55. The van der Waals surface area contributed by atoms with E-state index in [1.54, 1.807) is 6.55 Å². The van der Waals surface area contributed by atoms with E-state index in [2.05, 4.69) is 0 Å². The molecule has 0 fully saturated rings. The molecule has 0 aromatic heterocycles. The summed E-state index contributed by atoms with van der Waals surface area (Å²) in [6, 6.07) is 0. The molecule has 0 radical (unpaired) electrons. The fourth-order valence-electron chi connectivity index (χ4n) is 0.771. The SMILES string of the molecule is CO[Si](C[Si](C)=O)(OC)OC. The minimum absolute atomic E-state index is 0.418. The van der Waals surface area contributed by atoms with Gasteiger partial charge in [-0.3, -0.25) is 0 Å². The third-order valence-corrected chi connectivity index (χ3v) is 6.99. The highest BCUT2D eigenvalue weighted by molar-refractivity contribution is 6.72. The first kappa shape index (κ1) is 11.1. The van der Waals surface area contributed by atoms with Gasteiger partial charge in [0, 0.05) is 21.3 Å². The van der Waals surface area contributed by atoms with Gasteiger partial charge in [0.15, 0.2) is 0 Å². The van der Waals surface area contributed by atoms with Crippen molar-refractivity contribution in [2.45, 2.75) is 12.2 Å². The topological polar surface area (TPSA) is 44.8 Å². The van der Waals surface area contributed by atoms with Gasteiger partial charge in [-0.1, -0.05) is 0 Å². The van der Waals surface area contributed by atoms with Crippen LogP contribution in [0.25, 0.3) is 0 Å². The molecular weight excluding hydrogens is 180 g/mol. The molecule has 0 amide bonds. The van der Waals surface area contributed by atoms with Crippen molar-refractivity contribution in [3.8, 4) is 0 Å². The van der Waals surface area contributed by atoms with Crippen LogP contribution < -0.4 is 0 Å². The number of hydrogen-bond donors (Lipinski definition) is 0. The average molecular weight is 194 g/mol. The zero-order valence-corrected chi connectivity index (χ0v) is 9.34. The van der Waals surface area contributed by atoms with Crippen LogP contribution in [0.4, 0.5) is 0 Å². The van der Waals surface area contributed by atoms with Crippen molar-refractivity contribution < 1.29 is 17.7 Å². The number of rotatable bonds is 5. The lowest BCUT2D eigenvalue weighted by atomic mass is 11.8. The maximum atomic E-state index is 10.9. The van der Waals surface area contributed by atoms with Gasteiger partial charge in [-0.15, -0.1) is 0 Å². The Balaban J connectivity index is 4.16. The maximum absolute atomic E-state index is 10.9. The fraction of sp³-hybridized carbons (Fsp3) is 1.00. The van der Waals surface area contributed by atoms with Gasteiger partial charge >= 0.3 is 8.80 Å².